The molecule has 2 aromatic heterocycles. The first-order chi connectivity index (χ1) is 18.6. The van der Waals surface area contributed by atoms with Gasteiger partial charge in [-0.1, -0.05) is 41.5 Å². The van der Waals surface area contributed by atoms with Crippen molar-refractivity contribution in [3.63, 3.8) is 0 Å². The van der Waals surface area contributed by atoms with Crippen LogP contribution in [0.4, 0.5) is 5.82 Å². The number of hydrogen-bond acceptors (Lipinski definition) is 11. The smallest absolute Gasteiger partial charge is 0.395 e. The third-order valence-corrected chi connectivity index (χ3v) is 7.70. The third kappa shape index (κ3) is 5.25. The Labute approximate surface area is 224 Å². The number of aromatic nitrogens is 4. The van der Waals surface area contributed by atoms with E-state index < -0.39 is 38.5 Å². The molecule has 1 aliphatic heterocycles. The van der Waals surface area contributed by atoms with Crippen molar-refractivity contribution in [3.8, 4) is 11.5 Å². The molecule has 1 saturated heterocycles. The van der Waals surface area contributed by atoms with E-state index in [0.717, 1.165) is 11.1 Å². The number of aliphatic hydroxyl groups excluding tert-OH is 2. The van der Waals surface area contributed by atoms with Gasteiger partial charge in [0.2, 0.25) is 0 Å². The van der Waals surface area contributed by atoms with Gasteiger partial charge in [-0.3, -0.25) is 9.09 Å². The van der Waals surface area contributed by atoms with Crippen LogP contribution in [-0.4, -0.2) is 54.1 Å². The highest BCUT2D eigenvalue weighted by Gasteiger charge is 2.55. The molecule has 13 heteroatoms. The summed E-state index contributed by atoms with van der Waals surface area (Å²) in [6, 6.07) is 13.7. The molecule has 0 unspecified atom stereocenters. The lowest BCUT2D eigenvalue weighted by Gasteiger charge is -2.29. The van der Waals surface area contributed by atoms with Gasteiger partial charge in [0.1, 0.15) is 41.2 Å². The van der Waals surface area contributed by atoms with E-state index in [9.17, 15) is 14.8 Å². The minimum absolute atomic E-state index is 0.146. The fourth-order valence-corrected chi connectivity index (χ4v) is 5.40. The lowest BCUT2D eigenvalue weighted by Crippen LogP contribution is -2.45. The van der Waals surface area contributed by atoms with Gasteiger partial charge in [0.25, 0.3) is 0 Å². The number of benzene rings is 2. The summed E-state index contributed by atoms with van der Waals surface area (Å²) < 4.78 is 38.6. The largest absolute Gasteiger partial charge is 0.587 e. The van der Waals surface area contributed by atoms with Crippen molar-refractivity contribution < 1.29 is 33.1 Å². The quantitative estimate of drug-likeness (QED) is 0.205. The highest BCUT2D eigenvalue weighted by molar-refractivity contribution is 7.49. The highest BCUT2D eigenvalue weighted by atomic mass is 31.2. The molecule has 4 N–H and O–H groups in total. The molecule has 39 heavy (non-hydrogen) atoms. The molecule has 0 bridgehead atoms. The average Bonchev–Trinajstić information content (AvgIpc) is 3.46. The molecule has 0 amide bonds. The number of hydrogen-bond donors (Lipinski definition) is 3. The van der Waals surface area contributed by atoms with Crippen LogP contribution >= 0.6 is 7.82 Å². The van der Waals surface area contributed by atoms with Crippen molar-refractivity contribution in [1.29, 1.82) is 0 Å². The molecule has 3 heterocycles. The fraction of sp³-hybridized carbons (Fsp3) is 0.269. The van der Waals surface area contributed by atoms with Gasteiger partial charge >= 0.3 is 7.82 Å². The van der Waals surface area contributed by atoms with Gasteiger partial charge in [0.15, 0.2) is 17.7 Å². The topological polar surface area (TPSA) is 164 Å². The number of ether oxygens (including phenoxy) is 1. The Balaban J connectivity index is 1.42. The maximum absolute atomic E-state index is 13.9. The number of rotatable bonds is 9. The average molecular weight is 554 g/mol. The molecule has 0 saturated carbocycles. The molecule has 5 rings (SSSR count). The van der Waals surface area contributed by atoms with E-state index in [1.54, 1.807) is 48.5 Å². The fourth-order valence-electron chi connectivity index (χ4n) is 4.14. The van der Waals surface area contributed by atoms with Crippen molar-refractivity contribution in [3.05, 3.63) is 85.0 Å². The van der Waals surface area contributed by atoms with Gasteiger partial charge in [-0.05, 0) is 38.1 Å². The second-order valence-electron chi connectivity index (χ2n) is 9.22. The molecule has 204 valence electrons. The maximum Gasteiger partial charge on any atom is 0.587 e. The van der Waals surface area contributed by atoms with Gasteiger partial charge in [0, 0.05) is 0 Å². The van der Waals surface area contributed by atoms with Crippen molar-refractivity contribution in [1.82, 2.24) is 19.5 Å². The van der Waals surface area contributed by atoms with Gasteiger partial charge in [0.05, 0.1) is 12.9 Å². The van der Waals surface area contributed by atoms with Crippen LogP contribution in [0.2, 0.25) is 0 Å². The number of anilines is 1. The number of aryl methyl sites for hydroxylation is 2. The molecule has 1 fully saturated rings. The van der Waals surface area contributed by atoms with Crippen LogP contribution in [0.1, 0.15) is 17.4 Å². The van der Waals surface area contributed by atoms with Crippen LogP contribution in [0.3, 0.4) is 0 Å². The van der Waals surface area contributed by atoms with E-state index in [4.69, 9.17) is 24.0 Å². The number of phosphoric acid groups is 1. The van der Waals surface area contributed by atoms with Gasteiger partial charge in [-0.2, -0.15) is 0 Å². The molecule has 0 radical (unpaired) electrons. The summed E-state index contributed by atoms with van der Waals surface area (Å²) in [5.41, 5.74) is 6.71. The van der Waals surface area contributed by atoms with Crippen LogP contribution in [0.5, 0.6) is 11.5 Å². The van der Waals surface area contributed by atoms with Crippen molar-refractivity contribution in [2.75, 3.05) is 12.3 Å². The summed E-state index contributed by atoms with van der Waals surface area (Å²) in [5, 5.41) is 22.0. The molecular formula is C26H28N5O7P. The highest BCUT2D eigenvalue weighted by Crippen LogP contribution is 2.52. The first kappa shape index (κ1) is 26.8. The predicted molar refractivity (Wildman–Crippen MR) is 142 cm³/mol. The Hall–Kier alpha value is -3.80. The minimum Gasteiger partial charge on any atom is -0.395 e. The van der Waals surface area contributed by atoms with Gasteiger partial charge in [-0.15, -0.1) is 6.58 Å². The summed E-state index contributed by atoms with van der Waals surface area (Å²) in [7, 11) is -4.35. The minimum atomic E-state index is -4.35. The Morgan fingerprint density at radius 1 is 1.05 bits per heavy atom. The summed E-state index contributed by atoms with van der Waals surface area (Å²) in [5.74, 6) is 0.640. The Bertz CT molecular complexity index is 1480. The van der Waals surface area contributed by atoms with Crippen molar-refractivity contribution >= 4 is 24.8 Å². The normalized spacial score (nSPS) is 23.1. The van der Waals surface area contributed by atoms with E-state index >= 15 is 0 Å². The zero-order chi connectivity index (χ0) is 27.8. The second kappa shape index (κ2) is 10.4. The van der Waals surface area contributed by atoms with Crippen LogP contribution < -0.4 is 14.8 Å². The summed E-state index contributed by atoms with van der Waals surface area (Å²) in [4.78, 5) is 12.3. The number of imidazole rings is 1. The van der Waals surface area contributed by atoms with Crippen molar-refractivity contribution in [2.45, 2.75) is 37.9 Å². The Morgan fingerprint density at radius 2 is 1.64 bits per heavy atom. The second-order valence-corrected chi connectivity index (χ2v) is 10.7. The SMILES string of the molecule is C=C[C@]1(COP(=O)(Oc2ccc(C)cc2)Oc2ccc(C)cc2)O[C@@H](n2cnc3c(N)ncnc32)[C@H](O)[C@@H]1O. The molecule has 4 aromatic rings. The molecule has 4 atom stereocenters. The Kier molecular flexibility index (Phi) is 7.15. The lowest BCUT2D eigenvalue weighted by atomic mass is 9.96. The standard InChI is InChI=1S/C26H28N5O7P/c1-4-26(22(33)21(32)25(36-26)31-15-30-20-23(27)28-14-29-24(20)31)13-35-39(34,37-18-9-5-16(2)6-10-18)38-19-11-7-17(3)8-12-19/h4-12,14-15,21-22,25,32-33H,1,13H2,2-3H3,(H2,27,28,29)/t21-,22+,25-,26-/m1/s1. The van der Waals surface area contributed by atoms with Crippen LogP contribution in [-0.2, 0) is 13.8 Å². The van der Waals surface area contributed by atoms with Crippen molar-refractivity contribution in [2.24, 2.45) is 0 Å². The van der Waals surface area contributed by atoms with E-state index in [0.29, 0.717) is 5.52 Å². The van der Waals surface area contributed by atoms with Crippen LogP contribution in [0.25, 0.3) is 11.2 Å². The first-order valence-electron chi connectivity index (χ1n) is 12.0. The zero-order valence-electron chi connectivity index (χ0n) is 21.2. The van der Waals surface area contributed by atoms with Crippen LogP contribution in [0, 0.1) is 13.8 Å². The molecule has 0 aliphatic carbocycles. The van der Waals surface area contributed by atoms with E-state index in [-0.39, 0.29) is 23.0 Å². The number of nitrogen functional groups attached to an aromatic ring is 1. The number of fused-ring (bicyclic) bond motifs is 1. The summed E-state index contributed by atoms with van der Waals surface area (Å²) in [6.45, 7) is 7.03. The first-order valence-corrected chi connectivity index (χ1v) is 13.5. The predicted octanol–water partition coefficient (Wildman–Crippen LogP) is 3.48. The summed E-state index contributed by atoms with van der Waals surface area (Å²) >= 11 is 0. The van der Waals surface area contributed by atoms with E-state index in [1.807, 2.05) is 13.8 Å². The zero-order valence-corrected chi connectivity index (χ0v) is 22.1. The third-order valence-electron chi connectivity index (χ3n) is 6.39. The summed E-state index contributed by atoms with van der Waals surface area (Å²) in [6.07, 6.45) is -0.276. The Morgan fingerprint density at radius 3 is 2.21 bits per heavy atom. The van der Waals surface area contributed by atoms with E-state index in [1.165, 1.54) is 23.3 Å². The van der Waals surface area contributed by atoms with Gasteiger partial charge < -0.3 is 29.7 Å². The monoisotopic (exact) mass is 553 g/mol. The number of nitrogens with two attached hydrogens (primary N) is 1. The molecule has 0 spiro atoms. The van der Waals surface area contributed by atoms with Gasteiger partial charge in [-0.25, -0.2) is 19.5 Å². The lowest BCUT2D eigenvalue weighted by molar-refractivity contribution is -0.0947. The van der Waals surface area contributed by atoms with E-state index in [2.05, 4.69) is 21.5 Å². The number of nitrogens with zero attached hydrogens (tertiary/aromatic N) is 4. The molecule has 12 nitrogen and oxygen atoms in total. The molecule has 2 aromatic carbocycles. The van der Waals surface area contributed by atoms with Crippen LogP contribution in [0.15, 0.2) is 73.8 Å². The maximum atomic E-state index is 13.9. The number of phosphoric ester groups is 1. The number of aliphatic hydroxyl groups is 2. The molecule has 1 aliphatic rings. The molecular weight excluding hydrogens is 525 g/mol.